The molecule has 6 N–H and O–H groups in total. The lowest BCUT2D eigenvalue weighted by Crippen LogP contribution is -2.05. The van der Waals surface area contributed by atoms with Crippen LogP contribution in [0.2, 0.25) is 0 Å². The fraction of sp³-hybridized carbons (Fsp3) is 0. The second-order valence-corrected chi connectivity index (χ2v) is 25.5. The highest BCUT2D eigenvalue weighted by atomic mass is 32.2. The number of hydrogen-bond acceptors (Lipinski definition) is 18. The Morgan fingerprint density at radius 3 is 0.925 bits per heavy atom. The molecule has 8 aromatic carbocycles. The smallest absolute Gasteiger partial charge is 0.282 e. The van der Waals surface area contributed by atoms with Crippen LogP contribution in [0.1, 0.15) is 22.3 Å². The van der Waals surface area contributed by atoms with Gasteiger partial charge in [0, 0.05) is 21.5 Å². The van der Waals surface area contributed by atoms with Crippen molar-refractivity contribution in [2.24, 2.45) is 10.2 Å². The van der Waals surface area contributed by atoms with Crippen molar-refractivity contribution in [3.63, 3.8) is 0 Å². The Morgan fingerprint density at radius 1 is 0.325 bits per heavy atom. The third-order valence-corrected chi connectivity index (χ3v) is 17.4. The zero-order chi connectivity index (χ0) is 57.5. The van der Waals surface area contributed by atoms with Gasteiger partial charge in [0.05, 0.1) is 22.7 Å². The maximum Gasteiger partial charge on any atom is 0.295 e. The molecule has 0 unspecified atom stereocenters. The van der Waals surface area contributed by atoms with Gasteiger partial charge in [0.25, 0.3) is 60.7 Å². The first-order valence-corrected chi connectivity index (χ1v) is 30.8. The van der Waals surface area contributed by atoms with Gasteiger partial charge in [-0.3, -0.25) is 27.3 Å². The van der Waals surface area contributed by atoms with E-state index in [1.54, 1.807) is 24.3 Å². The van der Waals surface area contributed by atoms with Crippen molar-refractivity contribution >= 4 is 140 Å². The molecule has 0 saturated heterocycles. The summed E-state index contributed by atoms with van der Waals surface area (Å²) in [5.74, 6) is 0. The highest BCUT2D eigenvalue weighted by Gasteiger charge is 2.25. The molecule has 0 aliphatic rings. The zero-order valence-electron chi connectivity index (χ0n) is 39.6. The summed E-state index contributed by atoms with van der Waals surface area (Å²) in [5.41, 5.74) is -1.04. The molecule has 0 radical (unpaired) electrons. The maximum atomic E-state index is 12.7. The Kier molecular flexibility index (Phi) is 13.6. The van der Waals surface area contributed by atoms with E-state index in [0.717, 1.165) is 82.4 Å². The van der Waals surface area contributed by atoms with Gasteiger partial charge in [-0.1, -0.05) is 97.1 Å². The second-order valence-electron chi connectivity index (χ2n) is 17.2. The van der Waals surface area contributed by atoms with E-state index >= 15 is 0 Å². The fourth-order valence-corrected chi connectivity index (χ4v) is 12.7. The molecular formula is C48H32N8O18S6. The number of benzene rings is 8. The third kappa shape index (κ3) is 11.0. The molecule has 0 spiro atoms. The monoisotopic (exact) mass is 1200 g/mol. The number of azo groups is 1. The van der Waals surface area contributed by atoms with Crippen LogP contribution in [-0.4, -0.2) is 108 Å². The van der Waals surface area contributed by atoms with Gasteiger partial charge in [-0.15, -0.1) is 20.4 Å². The first kappa shape index (κ1) is 55.0. The first-order valence-electron chi connectivity index (χ1n) is 22.2. The Bertz CT molecular complexity index is 4820. The second kappa shape index (κ2) is 19.8. The average molecular weight is 1200 g/mol. The maximum absolute atomic E-state index is 12.7. The minimum atomic E-state index is -5.07. The van der Waals surface area contributed by atoms with Crippen LogP contribution in [0.25, 0.3) is 79.3 Å². The Hall–Kier alpha value is -8.38. The summed E-state index contributed by atoms with van der Waals surface area (Å²) in [6.45, 7) is 0. The molecule has 10 rings (SSSR count). The molecule has 408 valence electrons. The summed E-state index contributed by atoms with van der Waals surface area (Å²) in [6, 6.07) is 27.8. The number of rotatable bonds is 14. The zero-order valence-corrected chi connectivity index (χ0v) is 44.5. The largest absolute Gasteiger partial charge is 0.295 e. The van der Waals surface area contributed by atoms with Crippen molar-refractivity contribution in [2.45, 2.75) is 29.4 Å². The quantitative estimate of drug-likeness (QED) is 0.0345. The number of fused-ring (bicyclic) bond motifs is 6. The van der Waals surface area contributed by atoms with E-state index in [-0.39, 0.29) is 88.6 Å². The van der Waals surface area contributed by atoms with E-state index in [1.807, 2.05) is 0 Å². The van der Waals surface area contributed by atoms with Crippen molar-refractivity contribution in [3.8, 4) is 11.4 Å². The van der Waals surface area contributed by atoms with Crippen LogP contribution in [0, 0.1) is 0 Å². The standard InChI is InChI=1S/C48H32N8O18S6/c57-75(58,59)41-21-31(17-13-27(41)9-11-29-15-19-33(23-43(29)77(63,64)65)55-51-39-25-45(79(69,70)71)35-5-1-3-7-37(35)47(39)53-55)49-50-32-18-14-28(42(22-32)76(60,61)62)10-12-30-16-20-34(24-44(30)78(66,67)68)56-52-40-26-46(80(72,73)74)36-6-2-4-8-38(36)48(40)54-56/h1-26H,(H,57,58,59)(H,60,61,62)(H,63,64,65)(H,66,67,68)(H,69,70,71)(H,72,73,74)/b11-9+,12-10+,50-49+. The lowest BCUT2D eigenvalue weighted by atomic mass is 10.1. The van der Waals surface area contributed by atoms with Crippen LogP contribution in [0.3, 0.4) is 0 Å². The SMILES string of the molecule is O=S(=O)(O)c1cc(/N=N/c2ccc(/C=C/c3ccc(-n4nc5cc(S(=O)(=O)O)c6ccccc6c5n4)cc3S(=O)(=O)O)c(S(=O)(=O)O)c2)ccc1/C=C/c1ccc(-n2nc3cc(S(=O)(=O)O)c4ccccc4c3n2)cc1S(=O)(=O)O. The normalized spacial score (nSPS) is 13.3. The van der Waals surface area contributed by atoms with Crippen LogP contribution in [0.4, 0.5) is 11.4 Å². The molecule has 2 aromatic heterocycles. The highest BCUT2D eigenvalue weighted by molar-refractivity contribution is 7.87. The van der Waals surface area contributed by atoms with Gasteiger partial charge in [-0.05, 0) is 82.9 Å². The summed E-state index contributed by atoms with van der Waals surface area (Å²) in [5, 5.41) is 25.9. The van der Waals surface area contributed by atoms with Crippen molar-refractivity contribution in [1.29, 1.82) is 0 Å². The van der Waals surface area contributed by atoms with Gasteiger partial charge >= 0.3 is 0 Å². The highest BCUT2D eigenvalue weighted by Crippen LogP contribution is 2.34. The molecule has 80 heavy (non-hydrogen) atoms. The van der Waals surface area contributed by atoms with Crippen molar-refractivity contribution < 1.29 is 77.8 Å². The van der Waals surface area contributed by atoms with E-state index in [9.17, 15) is 77.8 Å². The fourth-order valence-electron chi connectivity index (χ4n) is 8.47. The molecule has 0 bridgehead atoms. The van der Waals surface area contributed by atoms with Crippen LogP contribution in [-0.2, 0) is 60.7 Å². The molecule has 0 aliphatic heterocycles. The topological polar surface area (TPSA) is 412 Å². The van der Waals surface area contributed by atoms with E-state index in [1.165, 1.54) is 60.7 Å². The molecule has 32 heteroatoms. The van der Waals surface area contributed by atoms with Crippen LogP contribution >= 0.6 is 0 Å². The van der Waals surface area contributed by atoms with Gasteiger partial charge in [0.2, 0.25) is 0 Å². The summed E-state index contributed by atoms with van der Waals surface area (Å²) in [4.78, 5) is -1.96. The molecule has 0 amide bonds. The number of hydrogen-bond donors (Lipinski definition) is 6. The minimum Gasteiger partial charge on any atom is -0.282 e. The van der Waals surface area contributed by atoms with Gasteiger partial charge in [-0.2, -0.15) is 70.3 Å². The molecule has 10 aromatic rings. The molecule has 26 nitrogen and oxygen atoms in total. The lowest BCUT2D eigenvalue weighted by molar-refractivity contribution is 0.480. The molecule has 0 saturated carbocycles. The van der Waals surface area contributed by atoms with Crippen LogP contribution in [0.5, 0.6) is 0 Å². The van der Waals surface area contributed by atoms with E-state index in [0.29, 0.717) is 0 Å². The van der Waals surface area contributed by atoms with Gasteiger partial charge in [-0.25, -0.2) is 0 Å². The van der Waals surface area contributed by atoms with Crippen LogP contribution < -0.4 is 0 Å². The predicted molar refractivity (Wildman–Crippen MR) is 287 cm³/mol. The predicted octanol–water partition coefficient (Wildman–Crippen LogP) is 7.70. The lowest BCUT2D eigenvalue weighted by Gasteiger charge is -2.08. The van der Waals surface area contributed by atoms with Crippen molar-refractivity contribution in [3.05, 3.63) is 156 Å². The van der Waals surface area contributed by atoms with Gasteiger partial charge in [0.1, 0.15) is 51.4 Å². The Morgan fingerprint density at radius 2 is 0.613 bits per heavy atom. The molecule has 0 atom stereocenters. The van der Waals surface area contributed by atoms with E-state index in [2.05, 4.69) is 30.6 Å². The number of aromatic nitrogens is 6. The van der Waals surface area contributed by atoms with Crippen LogP contribution in [0.15, 0.2) is 173 Å². The average Bonchev–Trinajstić information content (AvgIpc) is 4.04. The van der Waals surface area contributed by atoms with E-state index in [4.69, 9.17) is 0 Å². The van der Waals surface area contributed by atoms with E-state index < -0.39 is 90.1 Å². The van der Waals surface area contributed by atoms with Gasteiger partial charge < -0.3 is 0 Å². The molecule has 0 aliphatic carbocycles. The summed E-state index contributed by atoms with van der Waals surface area (Å²) in [7, 11) is -29.7. The number of nitrogens with zero attached hydrogens (tertiary/aromatic N) is 8. The van der Waals surface area contributed by atoms with Crippen molar-refractivity contribution in [2.75, 3.05) is 0 Å². The Labute approximate surface area is 451 Å². The minimum absolute atomic E-state index is 0.00231. The first-order chi connectivity index (χ1) is 37.4. The molecule has 0 fully saturated rings. The Balaban J connectivity index is 0.924. The van der Waals surface area contributed by atoms with Gasteiger partial charge in [0.15, 0.2) is 0 Å². The van der Waals surface area contributed by atoms with Crippen molar-refractivity contribution in [1.82, 2.24) is 30.0 Å². The molecular weight excluding hydrogens is 1170 g/mol. The summed E-state index contributed by atoms with van der Waals surface area (Å²) >= 11 is 0. The summed E-state index contributed by atoms with van der Waals surface area (Å²) in [6.07, 6.45) is 4.36. The third-order valence-electron chi connectivity index (χ3n) is 12.0. The molecule has 2 heterocycles. The summed E-state index contributed by atoms with van der Waals surface area (Å²) < 4.78 is 211.